The predicted molar refractivity (Wildman–Crippen MR) is 137 cm³/mol. The summed E-state index contributed by atoms with van der Waals surface area (Å²) in [4.78, 5) is 13.2. The number of hydrazone groups is 1. The number of benzene rings is 2. The lowest BCUT2D eigenvalue weighted by atomic mass is 9.91. The van der Waals surface area contributed by atoms with E-state index in [1.54, 1.807) is 19.2 Å². The minimum Gasteiger partial charge on any atom is -0.497 e. The van der Waals surface area contributed by atoms with Gasteiger partial charge in [-0.05, 0) is 48.7 Å². The maximum Gasteiger partial charge on any atom is 0.282 e. The molecule has 0 unspecified atom stereocenters. The van der Waals surface area contributed by atoms with Crippen molar-refractivity contribution in [2.24, 2.45) is 11.0 Å². The van der Waals surface area contributed by atoms with Crippen molar-refractivity contribution in [2.45, 2.75) is 38.6 Å². The molecule has 178 valence electrons. The topological polar surface area (TPSA) is 57.2 Å². The number of nitrogens with zero attached hydrogens (tertiary/aromatic N) is 3. The van der Waals surface area contributed by atoms with Crippen molar-refractivity contribution in [3.8, 4) is 5.75 Å². The van der Waals surface area contributed by atoms with Gasteiger partial charge in [-0.2, -0.15) is 5.10 Å². The summed E-state index contributed by atoms with van der Waals surface area (Å²) in [5.41, 5.74) is 5.30. The molecule has 2 aliphatic heterocycles. The Hall–Kier alpha value is -1.99. The molecule has 6 nitrogen and oxygen atoms in total. The molecule has 0 radical (unpaired) electrons. The summed E-state index contributed by atoms with van der Waals surface area (Å²) >= 11 is 12.7. The standard InChI is InChI=1S/C24H28Cl2N4O2.ClH/c1-16-22(24(31)28-29-13-5-3-4-6-14-29)27-30(21-12-9-18(25)15-20(21)26)23(16)17-7-10-19(32-2)11-8-17;/h7-12,15-16,23H,3-6,13-14H2,1-2H3,(H,28,31);1H/t16-,23-;/m1./s1. The summed E-state index contributed by atoms with van der Waals surface area (Å²) in [6, 6.07) is 13.0. The molecule has 1 amide bonds. The summed E-state index contributed by atoms with van der Waals surface area (Å²) < 4.78 is 5.31. The summed E-state index contributed by atoms with van der Waals surface area (Å²) in [5.74, 6) is 0.461. The van der Waals surface area contributed by atoms with Gasteiger partial charge in [-0.3, -0.25) is 15.2 Å². The molecule has 0 saturated carbocycles. The number of carbonyl (C=O) groups is 1. The third-order valence-corrected chi connectivity index (χ3v) is 6.63. The normalized spacial score (nSPS) is 21.1. The minimum absolute atomic E-state index is 0. The first-order chi connectivity index (χ1) is 15.5. The average molecular weight is 512 g/mol. The van der Waals surface area contributed by atoms with Gasteiger partial charge in [0.05, 0.1) is 23.9 Å². The number of rotatable bonds is 5. The van der Waals surface area contributed by atoms with Gasteiger partial charge in [0.15, 0.2) is 0 Å². The maximum absolute atomic E-state index is 13.2. The van der Waals surface area contributed by atoms with Crippen molar-refractivity contribution in [3.63, 3.8) is 0 Å². The summed E-state index contributed by atoms with van der Waals surface area (Å²) in [6.45, 7) is 3.75. The Bertz CT molecular complexity index is 992. The fraction of sp³-hybridized carbons (Fsp3) is 0.417. The highest BCUT2D eigenvalue weighted by Crippen LogP contribution is 2.42. The monoisotopic (exact) mass is 510 g/mol. The second-order valence-electron chi connectivity index (χ2n) is 8.27. The Morgan fingerprint density at radius 3 is 2.33 bits per heavy atom. The van der Waals surface area contributed by atoms with Gasteiger partial charge in [-0.1, -0.05) is 55.1 Å². The van der Waals surface area contributed by atoms with Crippen LogP contribution in [0.5, 0.6) is 5.75 Å². The number of ether oxygens (including phenoxy) is 1. The first kappa shape index (κ1) is 25.6. The van der Waals surface area contributed by atoms with Crippen molar-refractivity contribution < 1.29 is 9.53 Å². The molecule has 0 aromatic heterocycles. The fourth-order valence-electron chi connectivity index (χ4n) is 4.37. The fourth-order valence-corrected chi connectivity index (χ4v) is 4.86. The van der Waals surface area contributed by atoms with Gasteiger partial charge >= 0.3 is 0 Å². The van der Waals surface area contributed by atoms with Crippen LogP contribution < -0.4 is 15.2 Å². The Kier molecular flexibility index (Phi) is 8.88. The SMILES string of the molecule is COc1ccc([C@H]2[C@H](C)C(C(=O)NN3CCCCCC3)=NN2c2ccc(Cl)cc2Cl)cc1.Cl. The lowest BCUT2D eigenvalue weighted by molar-refractivity contribution is -0.119. The van der Waals surface area contributed by atoms with E-state index in [9.17, 15) is 4.79 Å². The number of nitrogens with one attached hydrogen (secondary N) is 1. The van der Waals surface area contributed by atoms with E-state index in [0.29, 0.717) is 21.4 Å². The molecule has 4 rings (SSSR count). The molecular formula is C24H29Cl3N4O2. The molecule has 1 fully saturated rings. The number of hydrogen-bond acceptors (Lipinski definition) is 5. The van der Waals surface area contributed by atoms with E-state index in [4.69, 9.17) is 33.0 Å². The van der Waals surface area contributed by atoms with E-state index in [0.717, 1.165) is 37.2 Å². The quantitative estimate of drug-likeness (QED) is 0.544. The third-order valence-electron chi connectivity index (χ3n) is 6.10. The van der Waals surface area contributed by atoms with Gasteiger partial charge in [0.2, 0.25) is 0 Å². The van der Waals surface area contributed by atoms with E-state index < -0.39 is 0 Å². The molecule has 1 N–H and O–H groups in total. The highest BCUT2D eigenvalue weighted by molar-refractivity contribution is 6.41. The molecule has 2 aromatic rings. The van der Waals surface area contributed by atoms with Crippen LogP contribution in [-0.4, -0.2) is 36.8 Å². The van der Waals surface area contributed by atoms with Gasteiger partial charge < -0.3 is 4.74 Å². The highest BCUT2D eigenvalue weighted by Gasteiger charge is 2.40. The van der Waals surface area contributed by atoms with E-state index in [-0.39, 0.29) is 30.3 Å². The molecule has 2 aliphatic rings. The van der Waals surface area contributed by atoms with Crippen molar-refractivity contribution in [2.75, 3.05) is 25.2 Å². The summed E-state index contributed by atoms with van der Waals surface area (Å²) in [7, 11) is 1.64. The predicted octanol–water partition coefficient (Wildman–Crippen LogP) is 5.88. The van der Waals surface area contributed by atoms with Crippen LogP contribution in [0.4, 0.5) is 5.69 Å². The van der Waals surface area contributed by atoms with Gasteiger partial charge in [-0.25, -0.2) is 5.01 Å². The van der Waals surface area contributed by atoms with Crippen LogP contribution in [0.1, 0.15) is 44.2 Å². The zero-order valence-corrected chi connectivity index (χ0v) is 21.1. The Morgan fingerprint density at radius 2 is 1.73 bits per heavy atom. The maximum atomic E-state index is 13.2. The molecule has 0 bridgehead atoms. The second kappa shape index (κ2) is 11.4. The molecule has 2 atom stereocenters. The Labute approximate surface area is 211 Å². The van der Waals surface area contributed by atoms with Crippen LogP contribution in [0.15, 0.2) is 47.6 Å². The van der Waals surface area contributed by atoms with Crippen molar-refractivity contribution in [1.82, 2.24) is 10.4 Å². The van der Waals surface area contributed by atoms with Gasteiger partial charge in [0, 0.05) is 24.0 Å². The van der Waals surface area contributed by atoms with Crippen molar-refractivity contribution in [1.29, 1.82) is 0 Å². The average Bonchev–Trinajstić information content (AvgIpc) is 2.94. The lowest BCUT2D eigenvalue weighted by Gasteiger charge is -2.28. The highest BCUT2D eigenvalue weighted by atomic mass is 35.5. The van der Waals surface area contributed by atoms with E-state index in [2.05, 4.69) is 5.43 Å². The van der Waals surface area contributed by atoms with Crippen molar-refractivity contribution >= 4 is 52.9 Å². The summed E-state index contributed by atoms with van der Waals surface area (Å²) in [5, 5.41) is 9.66. The van der Waals surface area contributed by atoms with Crippen molar-refractivity contribution in [3.05, 3.63) is 58.1 Å². The van der Waals surface area contributed by atoms with Crippen LogP contribution in [0, 0.1) is 5.92 Å². The Morgan fingerprint density at radius 1 is 1.06 bits per heavy atom. The number of carbonyl (C=O) groups excluding carboxylic acids is 1. The van der Waals surface area contributed by atoms with Crippen LogP contribution in [0.3, 0.4) is 0 Å². The molecule has 33 heavy (non-hydrogen) atoms. The zero-order chi connectivity index (χ0) is 22.7. The zero-order valence-electron chi connectivity index (χ0n) is 18.8. The molecule has 0 spiro atoms. The molecular weight excluding hydrogens is 483 g/mol. The molecule has 1 saturated heterocycles. The van der Waals surface area contributed by atoms with E-state index in [1.165, 1.54) is 12.8 Å². The number of hydrazine groups is 1. The molecule has 9 heteroatoms. The van der Waals surface area contributed by atoms with Crippen LogP contribution in [0.2, 0.25) is 10.0 Å². The number of amides is 1. The smallest absolute Gasteiger partial charge is 0.282 e. The first-order valence-electron chi connectivity index (χ1n) is 11.0. The molecule has 2 heterocycles. The number of hydrogen-bond donors (Lipinski definition) is 1. The van der Waals surface area contributed by atoms with Crippen LogP contribution in [0.25, 0.3) is 0 Å². The first-order valence-corrected chi connectivity index (χ1v) is 11.8. The number of methoxy groups -OCH3 is 1. The molecule has 2 aromatic carbocycles. The number of anilines is 1. The van der Waals surface area contributed by atoms with Crippen LogP contribution in [-0.2, 0) is 4.79 Å². The van der Waals surface area contributed by atoms with Crippen LogP contribution >= 0.6 is 35.6 Å². The Balaban J connectivity index is 0.00000306. The number of halogens is 3. The third kappa shape index (κ3) is 5.75. The second-order valence-corrected chi connectivity index (χ2v) is 9.12. The van der Waals surface area contributed by atoms with Gasteiger partial charge in [0.1, 0.15) is 11.5 Å². The molecule has 0 aliphatic carbocycles. The largest absolute Gasteiger partial charge is 0.497 e. The van der Waals surface area contributed by atoms with E-state index >= 15 is 0 Å². The minimum atomic E-state index is -0.190. The lowest BCUT2D eigenvalue weighted by Crippen LogP contribution is -2.46. The van der Waals surface area contributed by atoms with Gasteiger partial charge in [-0.15, -0.1) is 12.4 Å². The summed E-state index contributed by atoms with van der Waals surface area (Å²) in [6.07, 6.45) is 4.57. The van der Waals surface area contributed by atoms with Gasteiger partial charge in [0.25, 0.3) is 5.91 Å². The van der Waals surface area contributed by atoms with E-state index in [1.807, 2.05) is 47.3 Å².